The fraction of sp³-hybridized carbons (Fsp3) is 0.667. The van der Waals surface area contributed by atoms with E-state index in [4.69, 9.17) is 4.74 Å². The summed E-state index contributed by atoms with van der Waals surface area (Å²) in [4.78, 5) is 16.3. The summed E-state index contributed by atoms with van der Waals surface area (Å²) in [7, 11) is 0. The second-order valence-corrected chi connectivity index (χ2v) is 7.85. The van der Waals surface area contributed by atoms with Crippen molar-refractivity contribution < 1.29 is 22.7 Å². The fourth-order valence-corrected chi connectivity index (χ4v) is 4.35. The van der Waals surface area contributed by atoms with E-state index in [1.165, 1.54) is 6.07 Å². The molecule has 2 fully saturated rings. The van der Waals surface area contributed by atoms with Gasteiger partial charge in [0.05, 0.1) is 11.0 Å². The second-order valence-electron chi connectivity index (χ2n) is 7.85. The van der Waals surface area contributed by atoms with Gasteiger partial charge in [-0.2, -0.15) is 13.2 Å². The summed E-state index contributed by atoms with van der Waals surface area (Å²) in [5.41, 5.74) is -0.642. The first-order valence-corrected chi connectivity index (χ1v) is 10.1. The van der Waals surface area contributed by atoms with Crippen molar-refractivity contribution in [3.63, 3.8) is 0 Å². The third-order valence-corrected chi connectivity index (χ3v) is 6.37. The van der Waals surface area contributed by atoms with Gasteiger partial charge >= 0.3 is 12.1 Å². The number of hydrogen-bond acceptors (Lipinski definition) is 4. The first-order valence-electron chi connectivity index (χ1n) is 10.1. The number of hydrogen-bond donors (Lipinski definition) is 0. The molecule has 1 atom stereocenters. The van der Waals surface area contributed by atoms with E-state index in [1.54, 1.807) is 12.1 Å². The quantitative estimate of drug-likeness (QED) is 0.668. The highest BCUT2D eigenvalue weighted by molar-refractivity contribution is 5.78. The van der Waals surface area contributed by atoms with Gasteiger partial charge in [0.15, 0.2) is 0 Å². The van der Waals surface area contributed by atoms with Gasteiger partial charge in [0.25, 0.3) is 0 Å². The molecule has 0 bridgehead atoms. The molecule has 0 radical (unpaired) electrons. The van der Waals surface area contributed by atoms with Gasteiger partial charge in [-0.1, -0.05) is 26.0 Å². The summed E-state index contributed by atoms with van der Waals surface area (Å²) in [5.74, 6) is -0.0731. The number of esters is 1. The molecule has 0 amide bonds. The third-order valence-electron chi connectivity index (χ3n) is 6.37. The van der Waals surface area contributed by atoms with Crippen LogP contribution >= 0.6 is 0 Å². The summed E-state index contributed by atoms with van der Waals surface area (Å²) in [6, 6.07) is 5.77. The Hall–Kier alpha value is -1.76. The van der Waals surface area contributed by atoms with E-state index in [1.807, 2.05) is 18.7 Å². The zero-order chi connectivity index (χ0) is 20.4. The molecule has 0 saturated carbocycles. The fourth-order valence-electron chi connectivity index (χ4n) is 4.35. The molecule has 2 saturated heterocycles. The molecular weight excluding hydrogens is 369 g/mol. The van der Waals surface area contributed by atoms with Crippen molar-refractivity contribution in [2.24, 2.45) is 5.41 Å². The Morgan fingerprint density at radius 3 is 2.32 bits per heavy atom. The van der Waals surface area contributed by atoms with Gasteiger partial charge < -0.3 is 9.64 Å². The topological polar surface area (TPSA) is 32.8 Å². The predicted molar refractivity (Wildman–Crippen MR) is 102 cm³/mol. The van der Waals surface area contributed by atoms with Crippen LogP contribution in [-0.2, 0) is 15.7 Å². The molecule has 3 rings (SSSR count). The van der Waals surface area contributed by atoms with Crippen LogP contribution in [0.1, 0.15) is 45.1 Å². The number of halogens is 3. The highest BCUT2D eigenvalue weighted by Gasteiger charge is 2.46. The monoisotopic (exact) mass is 398 g/mol. The maximum Gasteiger partial charge on any atom is 0.418 e. The molecule has 1 aromatic carbocycles. The van der Waals surface area contributed by atoms with Crippen LogP contribution in [0, 0.1) is 5.41 Å². The smallest absolute Gasteiger partial charge is 0.418 e. The minimum absolute atomic E-state index is 0.0450. The summed E-state index contributed by atoms with van der Waals surface area (Å²) in [5, 5.41) is 0. The van der Waals surface area contributed by atoms with Crippen molar-refractivity contribution in [3.05, 3.63) is 29.8 Å². The van der Waals surface area contributed by atoms with Crippen LogP contribution in [0.2, 0.25) is 0 Å². The van der Waals surface area contributed by atoms with Gasteiger partial charge in [0.2, 0.25) is 0 Å². The number of nitrogens with zero attached hydrogens (tertiary/aromatic N) is 2. The van der Waals surface area contributed by atoms with E-state index in [0.29, 0.717) is 26.2 Å². The van der Waals surface area contributed by atoms with E-state index in [-0.39, 0.29) is 23.2 Å². The van der Waals surface area contributed by atoms with Crippen LogP contribution in [0.15, 0.2) is 24.3 Å². The molecule has 7 heteroatoms. The van der Waals surface area contributed by atoms with Gasteiger partial charge in [0, 0.05) is 44.8 Å². The Labute approximate surface area is 164 Å². The predicted octanol–water partition coefficient (Wildman–Crippen LogP) is 4.34. The largest absolute Gasteiger partial charge is 0.462 e. The number of para-hydroxylation sites is 1. The molecule has 156 valence electrons. The molecule has 2 aliphatic heterocycles. The third kappa shape index (κ3) is 4.29. The molecule has 4 nitrogen and oxygen atoms in total. The van der Waals surface area contributed by atoms with Crippen molar-refractivity contribution in [1.82, 2.24) is 4.90 Å². The molecule has 0 aliphatic carbocycles. The Kier molecular flexibility index (Phi) is 6.22. The summed E-state index contributed by atoms with van der Waals surface area (Å²) in [6.45, 7) is 7.41. The first-order chi connectivity index (χ1) is 13.3. The average molecular weight is 398 g/mol. The van der Waals surface area contributed by atoms with Gasteiger partial charge in [-0.25, -0.2) is 0 Å². The zero-order valence-corrected chi connectivity index (χ0v) is 16.6. The summed E-state index contributed by atoms with van der Waals surface area (Å²) in [6.07, 6.45) is -1.22. The van der Waals surface area contributed by atoms with Crippen LogP contribution in [-0.4, -0.2) is 49.7 Å². The van der Waals surface area contributed by atoms with Crippen molar-refractivity contribution >= 4 is 11.7 Å². The number of carbonyl (C=O) groups excluding carboxylic acids is 1. The van der Waals surface area contributed by atoms with Crippen LogP contribution < -0.4 is 4.90 Å². The van der Waals surface area contributed by atoms with E-state index in [0.717, 1.165) is 38.3 Å². The lowest BCUT2D eigenvalue weighted by Crippen LogP contribution is -2.47. The molecule has 1 aromatic rings. The summed E-state index contributed by atoms with van der Waals surface area (Å²) >= 11 is 0. The molecule has 2 aliphatic rings. The van der Waals surface area contributed by atoms with E-state index in [9.17, 15) is 18.0 Å². The lowest BCUT2D eigenvalue weighted by Gasteiger charge is -2.37. The Morgan fingerprint density at radius 2 is 1.75 bits per heavy atom. The number of carbonyl (C=O) groups is 1. The number of piperazine rings is 1. The van der Waals surface area contributed by atoms with Crippen LogP contribution in [0.5, 0.6) is 0 Å². The highest BCUT2D eigenvalue weighted by Crippen LogP contribution is 2.41. The number of rotatable bonds is 6. The molecular formula is C21H29F3N2O2. The number of anilines is 1. The van der Waals surface area contributed by atoms with Gasteiger partial charge in [0.1, 0.15) is 6.10 Å². The maximum atomic E-state index is 13.2. The molecule has 28 heavy (non-hydrogen) atoms. The minimum atomic E-state index is -4.34. The van der Waals surface area contributed by atoms with Crippen LogP contribution in [0.25, 0.3) is 0 Å². The number of cyclic esters (lactones) is 1. The molecule has 1 unspecified atom stereocenters. The van der Waals surface area contributed by atoms with Crippen LogP contribution in [0.4, 0.5) is 18.9 Å². The van der Waals surface area contributed by atoms with E-state index >= 15 is 0 Å². The molecule has 0 aromatic heterocycles. The Balaban J connectivity index is 1.52. The zero-order valence-electron chi connectivity index (χ0n) is 16.6. The molecule has 2 heterocycles. The van der Waals surface area contributed by atoms with Gasteiger partial charge in [-0.3, -0.25) is 9.69 Å². The Morgan fingerprint density at radius 1 is 1.11 bits per heavy atom. The van der Waals surface area contributed by atoms with Crippen molar-refractivity contribution in [3.8, 4) is 0 Å². The van der Waals surface area contributed by atoms with E-state index < -0.39 is 11.7 Å². The number of alkyl halides is 3. The van der Waals surface area contributed by atoms with E-state index in [2.05, 4.69) is 4.90 Å². The number of benzene rings is 1. The second kappa shape index (κ2) is 8.31. The van der Waals surface area contributed by atoms with Crippen LogP contribution in [0.3, 0.4) is 0 Å². The van der Waals surface area contributed by atoms with Gasteiger partial charge in [-0.15, -0.1) is 0 Å². The van der Waals surface area contributed by atoms with Crippen molar-refractivity contribution in [2.75, 3.05) is 37.6 Å². The average Bonchev–Trinajstić information content (AvgIpc) is 3.02. The first kappa shape index (κ1) is 21.0. The Bertz CT molecular complexity index is 680. The SMILES string of the molecule is CCC1(CC)CC(CCN2CCN(c3ccccc3C(F)(F)F)CC2)OC1=O. The summed E-state index contributed by atoms with van der Waals surface area (Å²) < 4.78 is 45.3. The lowest BCUT2D eigenvalue weighted by atomic mass is 9.79. The molecule has 0 N–H and O–H groups in total. The normalized spacial score (nSPS) is 23.1. The number of ether oxygens (including phenoxy) is 1. The van der Waals surface area contributed by atoms with Crippen molar-refractivity contribution in [2.45, 2.75) is 51.8 Å². The maximum absolute atomic E-state index is 13.2. The van der Waals surface area contributed by atoms with Gasteiger partial charge in [-0.05, 0) is 31.4 Å². The highest BCUT2D eigenvalue weighted by atomic mass is 19.4. The lowest BCUT2D eigenvalue weighted by molar-refractivity contribution is -0.149. The minimum Gasteiger partial charge on any atom is -0.462 e. The standard InChI is InChI=1S/C21H29F3N2O2/c1-3-20(4-2)15-16(28-19(20)27)9-10-25-11-13-26(14-12-25)18-8-6-5-7-17(18)21(22,23)24/h5-8,16H,3-4,9-15H2,1-2H3. The molecule has 0 spiro atoms. The van der Waals surface area contributed by atoms with Crippen molar-refractivity contribution in [1.29, 1.82) is 0 Å².